The van der Waals surface area contributed by atoms with Crippen molar-refractivity contribution in [2.75, 3.05) is 10.6 Å². The van der Waals surface area contributed by atoms with E-state index in [0.717, 1.165) is 0 Å². The van der Waals surface area contributed by atoms with Crippen molar-refractivity contribution in [1.82, 2.24) is 0 Å². The van der Waals surface area contributed by atoms with Gasteiger partial charge in [0, 0.05) is 25.2 Å². The summed E-state index contributed by atoms with van der Waals surface area (Å²) in [6.45, 7) is 7.29. The fourth-order valence-corrected chi connectivity index (χ4v) is 6.74. The van der Waals surface area contributed by atoms with E-state index in [4.69, 9.17) is 0 Å². The van der Waals surface area contributed by atoms with Gasteiger partial charge in [-0.05, 0) is 35.4 Å². The first kappa shape index (κ1) is 32.1. The molecular weight excluding hydrogens is 555 g/mol. The fourth-order valence-electron chi connectivity index (χ4n) is 2.58. The zero-order valence-electron chi connectivity index (χ0n) is 20.8. The SMILES string of the molecule is CC(=O)Nc1cccc(C(=O)[O-])c1.CC(=O)Nc1cccc(C(=O)[O-])c1.CCC[CH2][Sn+2][CH2]CCC. The number of hydrogen-bond acceptors (Lipinski definition) is 6. The summed E-state index contributed by atoms with van der Waals surface area (Å²) in [5.41, 5.74) is 1.00. The molecule has 8 nitrogen and oxygen atoms in total. The summed E-state index contributed by atoms with van der Waals surface area (Å²) in [5.74, 6) is -2.99. The van der Waals surface area contributed by atoms with Gasteiger partial charge in [-0.3, -0.25) is 9.59 Å². The molecule has 2 rings (SSSR count). The van der Waals surface area contributed by atoms with Crippen LogP contribution >= 0.6 is 0 Å². The molecular formula is C26H34N2O6Sn. The molecule has 2 N–H and O–H groups in total. The number of aromatic carboxylic acids is 2. The third-order valence-electron chi connectivity index (χ3n) is 4.25. The summed E-state index contributed by atoms with van der Waals surface area (Å²) in [6.07, 6.45) is 5.84. The Morgan fingerprint density at radius 2 is 1.09 bits per heavy atom. The second-order valence-electron chi connectivity index (χ2n) is 7.56. The molecule has 0 heterocycles. The van der Waals surface area contributed by atoms with Crippen LogP contribution < -0.4 is 20.8 Å². The van der Waals surface area contributed by atoms with Gasteiger partial charge in [0.1, 0.15) is 0 Å². The summed E-state index contributed by atoms with van der Waals surface area (Å²) in [6, 6.07) is 11.8. The number of nitrogens with one attached hydrogen (secondary N) is 2. The van der Waals surface area contributed by atoms with Gasteiger partial charge in [0.05, 0.1) is 11.9 Å². The molecule has 0 unspecified atom stereocenters. The molecule has 0 fully saturated rings. The third kappa shape index (κ3) is 17.2. The van der Waals surface area contributed by atoms with E-state index in [1.165, 1.54) is 75.9 Å². The number of hydrogen-bond donors (Lipinski definition) is 2. The summed E-state index contributed by atoms with van der Waals surface area (Å²) in [5, 5.41) is 25.8. The van der Waals surface area contributed by atoms with Crippen LogP contribution in [0.1, 0.15) is 74.1 Å². The number of carboxylic acid groups (broad SMARTS) is 2. The van der Waals surface area contributed by atoms with Crippen LogP contribution in [0.5, 0.6) is 0 Å². The molecule has 35 heavy (non-hydrogen) atoms. The van der Waals surface area contributed by atoms with E-state index >= 15 is 0 Å². The molecule has 0 radical (unpaired) electrons. The predicted octanol–water partition coefficient (Wildman–Crippen LogP) is 3.14. The molecule has 0 aliphatic carbocycles. The van der Waals surface area contributed by atoms with Gasteiger partial charge < -0.3 is 30.4 Å². The number of benzene rings is 2. The third-order valence-corrected chi connectivity index (χ3v) is 8.29. The van der Waals surface area contributed by atoms with Crippen molar-refractivity contribution in [2.45, 2.75) is 62.3 Å². The first-order valence-electron chi connectivity index (χ1n) is 11.5. The van der Waals surface area contributed by atoms with Crippen molar-refractivity contribution < 1.29 is 29.4 Å². The summed E-state index contributed by atoms with van der Waals surface area (Å²) < 4.78 is 3.25. The average molecular weight is 589 g/mol. The maximum absolute atomic E-state index is 10.6. The van der Waals surface area contributed by atoms with Crippen LogP contribution in [0.2, 0.25) is 8.87 Å². The predicted molar refractivity (Wildman–Crippen MR) is 135 cm³/mol. The molecule has 0 aliphatic rings. The standard InChI is InChI=1S/2C9H9NO3.2C4H9.Sn/c2*1-6(11)10-8-4-2-3-7(5-8)9(12)13;2*1-3-4-2;/h2*2-5H,1H3,(H,10,11)(H,12,13);2*1,3-4H2,2H3;/q;;;;+2/p-2. The zero-order chi connectivity index (χ0) is 26.6. The Morgan fingerprint density at radius 1 is 0.714 bits per heavy atom. The molecule has 0 saturated heterocycles. The molecule has 0 spiro atoms. The summed E-state index contributed by atoms with van der Waals surface area (Å²) in [7, 11) is 0. The van der Waals surface area contributed by atoms with E-state index in [1.807, 2.05) is 0 Å². The van der Waals surface area contributed by atoms with Crippen LogP contribution in [0.3, 0.4) is 0 Å². The van der Waals surface area contributed by atoms with Crippen molar-refractivity contribution in [3.63, 3.8) is 0 Å². The Labute approximate surface area is 217 Å². The van der Waals surface area contributed by atoms with Gasteiger partial charge in [0.15, 0.2) is 0 Å². The quantitative estimate of drug-likeness (QED) is 0.323. The van der Waals surface area contributed by atoms with Crippen molar-refractivity contribution in [1.29, 1.82) is 0 Å². The first-order valence-corrected chi connectivity index (χ1v) is 15.5. The molecule has 9 heteroatoms. The monoisotopic (exact) mass is 590 g/mol. The Balaban J connectivity index is 0.000000506. The second-order valence-corrected chi connectivity index (χ2v) is 11.8. The van der Waals surface area contributed by atoms with Crippen LogP contribution in [0.15, 0.2) is 48.5 Å². The van der Waals surface area contributed by atoms with Gasteiger partial charge in [-0.15, -0.1) is 0 Å². The molecule has 2 aromatic carbocycles. The van der Waals surface area contributed by atoms with Gasteiger partial charge in [0.25, 0.3) is 0 Å². The number of carbonyl (C=O) groups excluding carboxylic acids is 4. The number of unbranched alkanes of at least 4 members (excludes halogenated alkanes) is 2. The van der Waals surface area contributed by atoms with Crippen LogP contribution in [0, 0.1) is 0 Å². The molecule has 0 aromatic heterocycles. The molecule has 2 aromatic rings. The minimum absolute atomic E-state index is 0.0475. The van der Waals surface area contributed by atoms with Crippen LogP contribution in [0.4, 0.5) is 11.4 Å². The van der Waals surface area contributed by atoms with Crippen LogP contribution in [0.25, 0.3) is 0 Å². The Bertz CT molecular complexity index is 873. The molecule has 0 saturated carbocycles. The van der Waals surface area contributed by atoms with E-state index in [1.54, 1.807) is 21.0 Å². The topological polar surface area (TPSA) is 138 Å². The van der Waals surface area contributed by atoms with E-state index in [0.29, 0.717) is 11.4 Å². The second kappa shape index (κ2) is 19.4. The van der Waals surface area contributed by atoms with Crippen molar-refractivity contribution in [3.8, 4) is 0 Å². The van der Waals surface area contributed by atoms with Gasteiger partial charge >= 0.3 is 69.5 Å². The Hall–Kier alpha value is -2.88. The molecule has 0 atom stereocenters. The maximum atomic E-state index is 10.6. The van der Waals surface area contributed by atoms with Crippen molar-refractivity contribution >= 4 is 56.3 Å². The Morgan fingerprint density at radius 3 is 1.37 bits per heavy atom. The molecule has 0 aliphatic heterocycles. The van der Waals surface area contributed by atoms with Gasteiger partial charge in [-0.1, -0.05) is 24.3 Å². The number of rotatable bonds is 10. The first-order chi connectivity index (χ1) is 16.6. The summed E-state index contributed by atoms with van der Waals surface area (Å²) >= 11 is 0.149. The molecule has 188 valence electrons. The van der Waals surface area contributed by atoms with Gasteiger partial charge in [-0.25, -0.2) is 0 Å². The Kier molecular flexibility index (Phi) is 17.8. The van der Waals surface area contributed by atoms with Crippen molar-refractivity contribution in [2.24, 2.45) is 0 Å². The summed E-state index contributed by atoms with van der Waals surface area (Å²) in [4.78, 5) is 42.1. The van der Waals surface area contributed by atoms with E-state index in [-0.39, 0.29) is 44.1 Å². The zero-order valence-corrected chi connectivity index (χ0v) is 23.7. The van der Waals surface area contributed by atoms with Crippen LogP contribution in [-0.4, -0.2) is 44.9 Å². The normalized spacial score (nSPS) is 9.26. The van der Waals surface area contributed by atoms with E-state index < -0.39 is 11.9 Å². The number of amides is 2. The minimum atomic E-state index is -1.26. The average Bonchev–Trinajstić information content (AvgIpc) is 2.79. The number of anilines is 2. The van der Waals surface area contributed by atoms with E-state index in [9.17, 15) is 29.4 Å². The number of carboxylic acids is 2. The fraction of sp³-hybridized carbons (Fsp3) is 0.385. The molecule has 2 amide bonds. The van der Waals surface area contributed by atoms with Crippen LogP contribution in [-0.2, 0) is 9.59 Å². The van der Waals surface area contributed by atoms with E-state index in [2.05, 4.69) is 24.5 Å². The number of carbonyl (C=O) groups is 4. The van der Waals surface area contributed by atoms with Crippen molar-refractivity contribution in [3.05, 3.63) is 59.7 Å². The van der Waals surface area contributed by atoms with Gasteiger partial charge in [-0.2, -0.15) is 0 Å². The van der Waals surface area contributed by atoms with Gasteiger partial charge in [0.2, 0.25) is 11.8 Å². The molecule has 0 bridgehead atoms.